The van der Waals surface area contributed by atoms with Crippen molar-refractivity contribution in [2.75, 3.05) is 12.4 Å². The van der Waals surface area contributed by atoms with Crippen LogP contribution >= 0.6 is 27.5 Å². The topological polar surface area (TPSA) is 100 Å². The van der Waals surface area contributed by atoms with Gasteiger partial charge in [0.2, 0.25) is 0 Å². The minimum absolute atomic E-state index is 0.0260. The molecule has 0 aliphatic heterocycles. The Morgan fingerprint density at radius 2 is 2.03 bits per heavy atom. The molecular formula is C18H17BrClN5O4. The van der Waals surface area contributed by atoms with Crippen LogP contribution in [0.4, 0.5) is 5.69 Å². The second-order valence-corrected chi connectivity index (χ2v) is 7.07. The van der Waals surface area contributed by atoms with Crippen molar-refractivity contribution in [2.24, 2.45) is 0 Å². The van der Waals surface area contributed by atoms with Gasteiger partial charge in [0, 0.05) is 24.0 Å². The zero-order valence-electron chi connectivity index (χ0n) is 15.6. The van der Waals surface area contributed by atoms with Gasteiger partial charge in [-0.05, 0) is 47.1 Å². The first-order chi connectivity index (χ1) is 13.9. The Morgan fingerprint density at radius 3 is 2.72 bits per heavy atom. The van der Waals surface area contributed by atoms with Crippen molar-refractivity contribution in [2.45, 2.75) is 20.2 Å². The zero-order chi connectivity index (χ0) is 21.0. The Labute approximate surface area is 179 Å². The van der Waals surface area contributed by atoms with E-state index in [1.807, 2.05) is 6.92 Å². The smallest absolute Gasteiger partial charge is 0.360 e. The number of benzene rings is 1. The average molecular weight is 483 g/mol. The summed E-state index contributed by atoms with van der Waals surface area (Å²) in [4.78, 5) is 24.4. The first-order valence-corrected chi connectivity index (χ1v) is 9.66. The Balaban J connectivity index is 1.68. The first kappa shape index (κ1) is 20.9. The van der Waals surface area contributed by atoms with Gasteiger partial charge in [-0.2, -0.15) is 10.2 Å². The molecule has 3 rings (SSSR count). The summed E-state index contributed by atoms with van der Waals surface area (Å²) in [6.45, 7) is 2.49. The number of carbonyl (C=O) groups is 2. The number of hydrogen-bond donors (Lipinski definition) is 1. The summed E-state index contributed by atoms with van der Waals surface area (Å²) in [6, 6.07) is 6.69. The molecule has 3 aromatic rings. The van der Waals surface area contributed by atoms with Gasteiger partial charge >= 0.3 is 5.97 Å². The lowest BCUT2D eigenvalue weighted by atomic mass is 10.3. The van der Waals surface area contributed by atoms with Crippen LogP contribution < -0.4 is 10.1 Å². The van der Waals surface area contributed by atoms with E-state index < -0.39 is 11.9 Å². The monoisotopic (exact) mass is 481 g/mol. The number of rotatable bonds is 7. The van der Waals surface area contributed by atoms with Crippen molar-refractivity contribution < 1.29 is 19.1 Å². The van der Waals surface area contributed by atoms with E-state index in [9.17, 15) is 9.59 Å². The molecule has 0 bridgehead atoms. The van der Waals surface area contributed by atoms with Crippen LogP contribution in [0.5, 0.6) is 5.75 Å². The highest BCUT2D eigenvalue weighted by molar-refractivity contribution is 9.10. The lowest BCUT2D eigenvalue weighted by Crippen LogP contribution is -2.16. The molecule has 2 heterocycles. The first-order valence-electron chi connectivity index (χ1n) is 8.49. The van der Waals surface area contributed by atoms with E-state index in [1.165, 1.54) is 22.5 Å². The van der Waals surface area contributed by atoms with Crippen LogP contribution in [0.2, 0.25) is 5.02 Å². The lowest BCUT2D eigenvalue weighted by Gasteiger charge is -2.08. The van der Waals surface area contributed by atoms with Crippen LogP contribution in [-0.4, -0.2) is 38.5 Å². The van der Waals surface area contributed by atoms with Gasteiger partial charge in [0.05, 0.1) is 17.3 Å². The molecular weight excluding hydrogens is 466 g/mol. The second kappa shape index (κ2) is 9.10. The summed E-state index contributed by atoms with van der Waals surface area (Å²) in [6.07, 6.45) is 3.16. The molecule has 0 fully saturated rings. The van der Waals surface area contributed by atoms with E-state index in [0.717, 1.165) is 0 Å². The van der Waals surface area contributed by atoms with E-state index in [2.05, 4.69) is 31.4 Å². The van der Waals surface area contributed by atoms with Gasteiger partial charge in [-0.25, -0.2) is 9.48 Å². The third kappa shape index (κ3) is 4.96. The number of esters is 1. The maximum atomic E-state index is 12.5. The molecule has 152 valence electrons. The summed E-state index contributed by atoms with van der Waals surface area (Å²) in [5, 5.41) is 11.5. The number of halogens is 2. The quantitative estimate of drug-likeness (QED) is 0.517. The van der Waals surface area contributed by atoms with E-state index in [-0.39, 0.29) is 23.8 Å². The van der Waals surface area contributed by atoms with Gasteiger partial charge in [-0.1, -0.05) is 11.6 Å². The predicted molar refractivity (Wildman–Crippen MR) is 109 cm³/mol. The van der Waals surface area contributed by atoms with Crippen molar-refractivity contribution >= 4 is 45.1 Å². The molecule has 1 amide bonds. The van der Waals surface area contributed by atoms with Crippen LogP contribution in [-0.2, 0) is 18.0 Å². The fourth-order valence-corrected chi connectivity index (χ4v) is 3.19. The van der Waals surface area contributed by atoms with E-state index in [0.29, 0.717) is 21.8 Å². The number of nitrogens with one attached hydrogen (secondary N) is 1. The number of nitrogens with zero attached hydrogens (tertiary/aromatic N) is 4. The number of aryl methyl sites for hydroxylation is 1. The maximum Gasteiger partial charge on any atom is 0.360 e. The Morgan fingerprint density at radius 1 is 1.24 bits per heavy atom. The summed E-state index contributed by atoms with van der Waals surface area (Å²) in [7, 11) is 1.25. The number of aromatic nitrogens is 4. The zero-order valence-corrected chi connectivity index (χ0v) is 17.9. The number of methoxy groups -OCH3 is 1. The maximum absolute atomic E-state index is 12.5. The normalized spacial score (nSPS) is 10.6. The van der Waals surface area contributed by atoms with E-state index in [4.69, 9.17) is 21.1 Å². The minimum atomic E-state index is -0.639. The van der Waals surface area contributed by atoms with Gasteiger partial charge < -0.3 is 14.8 Å². The van der Waals surface area contributed by atoms with Crippen molar-refractivity contribution in [3.05, 3.63) is 57.5 Å². The summed E-state index contributed by atoms with van der Waals surface area (Å²) in [5.41, 5.74) is 0.432. The van der Waals surface area contributed by atoms with Crippen LogP contribution in [0, 0.1) is 0 Å². The molecule has 0 atom stereocenters. The Bertz CT molecular complexity index is 1050. The molecule has 2 aromatic heterocycles. The third-order valence-electron chi connectivity index (χ3n) is 3.83. The molecule has 0 aliphatic rings. The molecule has 0 saturated heterocycles. The van der Waals surface area contributed by atoms with Crippen molar-refractivity contribution in [3.8, 4) is 5.75 Å². The van der Waals surface area contributed by atoms with Crippen LogP contribution in [0.25, 0.3) is 0 Å². The molecule has 9 nitrogen and oxygen atoms in total. The average Bonchev–Trinajstić information content (AvgIpc) is 3.33. The summed E-state index contributed by atoms with van der Waals surface area (Å²) < 4.78 is 14.1. The molecule has 0 unspecified atom stereocenters. The number of ether oxygens (including phenoxy) is 2. The fourth-order valence-electron chi connectivity index (χ4n) is 2.39. The summed E-state index contributed by atoms with van der Waals surface area (Å²) >= 11 is 9.28. The molecule has 0 radical (unpaired) electrons. The lowest BCUT2D eigenvalue weighted by molar-refractivity contribution is 0.0594. The molecule has 11 heteroatoms. The summed E-state index contributed by atoms with van der Waals surface area (Å²) in [5.74, 6) is -0.539. The van der Waals surface area contributed by atoms with Crippen LogP contribution in [0.15, 0.2) is 41.1 Å². The molecule has 0 saturated carbocycles. The van der Waals surface area contributed by atoms with Gasteiger partial charge in [-0.15, -0.1) is 0 Å². The number of hydrogen-bond acceptors (Lipinski definition) is 6. The predicted octanol–water partition coefficient (Wildman–Crippen LogP) is 3.59. The van der Waals surface area contributed by atoms with Gasteiger partial charge in [-0.3, -0.25) is 9.48 Å². The second-order valence-electron chi connectivity index (χ2n) is 5.78. The highest BCUT2D eigenvalue weighted by Crippen LogP contribution is 2.28. The van der Waals surface area contributed by atoms with Crippen molar-refractivity contribution in [3.63, 3.8) is 0 Å². The van der Waals surface area contributed by atoms with Gasteiger partial charge in [0.1, 0.15) is 5.75 Å². The number of anilines is 1. The highest BCUT2D eigenvalue weighted by atomic mass is 79.9. The molecule has 0 aliphatic carbocycles. The largest absolute Gasteiger partial charge is 0.470 e. The van der Waals surface area contributed by atoms with E-state index in [1.54, 1.807) is 30.6 Å². The van der Waals surface area contributed by atoms with Gasteiger partial charge in [0.25, 0.3) is 5.91 Å². The Kier molecular flexibility index (Phi) is 6.55. The standard InChI is InChI=1S/C18H17BrClN5O4/c1-3-24-9-14(16(23-24)18(27)28-2)21-17(26)13-6-7-25(22-13)10-29-15-5-4-11(20)8-12(15)19/h4-9H,3,10H2,1-2H3,(H,21,26). The SMILES string of the molecule is CCn1cc(NC(=O)c2ccn(COc3ccc(Cl)cc3Br)n2)c(C(=O)OC)n1. The minimum Gasteiger partial charge on any atom is -0.470 e. The molecule has 1 aromatic carbocycles. The Hall–Kier alpha value is -2.85. The fraction of sp³-hybridized carbons (Fsp3) is 0.222. The van der Waals surface area contributed by atoms with E-state index >= 15 is 0 Å². The molecule has 0 spiro atoms. The van der Waals surface area contributed by atoms with Crippen LogP contribution in [0.1, 0.15) is 27.9 Å². The van der Waals surface area contributed by atoms with Crippen molar-refractivity contribution in [1.29, 1.82) is 0 Å². The third-order valence-corrected chi connectivity index (χ3v) is 4.69. The molecule has 29 heavy (non-hydrogen) atoms. The molecule has 1 N–H and O–H groups in total. The van der Waals surface area contributed by atoms with Crippen LogP contribution in [0.3, 0.4) is 0 Å². The number of carbonyl (C=O) groups excluding carboxylic acids is 2. The number of amides is 1. The van der Waals surface area contributed by atoms with Gasteiger partial charge in [0.15, 0.2) is 18.1 Å². The highest BCUT2D eigenvalue weighted by Gasteiger charge is 2.20. The van der Waals surface area contributed by atoms with Crippen molar-refractivity contribution in [1.82, 2.24) is 19.6 Å².